The number of benzene rings is 2. The predicted octanol–water partition coefficient (Wildman–Crippen LogP) is 6.45. The van der Waals surface area contributed by atoms with Gasteiger partial charge in [0.15, 0.2) is 5.78 Å². The number of amides is 4. The van der Waals surface area contributed by atoms with Gasteiger partial charge in [-0.05, 0) is 80.2 Å². The van der Waals surface area contributed by atoms with Crippen LogP contribution in [0.25, 0.3) is 11.3 Å². The summed E-state index contributed by atoms with van der Waals surface area (Å²) in [6, 6.07) is 11.1. The van der Waals surface area contributed by atoms with Crippen molar-refractivity contribution in [2.24, 2.45) is 23.0 Å². The van der Waals surface area contributed by atoms with E-state index in [-0.39, 0.29) is 120 Å². The Morgan fingerprint density at radius 1 is 0.792 bits per heavy atom. The van der Waals surface area contributed by atoms with Gasteiger partial charge in [-0.1, -0.05) is 65.0 Å². The zero-order valence-electron chi connectivity index (χ0n) is 45.5. The van der Waals surface area contributed by atoms with Crippen LogP contribution in [0.5, 0.6) is 0 Å². The fraction of sp³-hybridized carbons (Fsp3) is 0.579. The summed E-state index contributed by atoms with van der Waals surface area (Å²) in [5.74, 6) is -4.00. The molecule has 3 atom stereocenters. The molecule has 0 unspecified atom stereocenters. The second-order valence-corrected chi connectivity index (χ2v) is 20.6. The van der Waals surface area contributed by atoms with Crippen LogP contribution < -0.4 is 11.1 Å². The number of halogens is 2. The lowest BCUT2D eigenvalue weighted by Gasteiger charge is -2.40. The highest BCUT2D eigenvalue weighted by Crippen LogP contribution is 2.40. The molecule has 2 heterocycles. The van der Waals surface area contributed by atoms with Gasteiger partial charge in [-0.2, -0.15) is 0 Å². The fourth-order valence-corrected chi connectivity index (χ4v) is 8.87. The van der Waals surface area contributed by atoms with Gasteiger partial charge < -0.3 is 44.6 Å². The molecule has 4 amide bonds. The number of ether oxygens (including phenoxy) is 4. The molecule has 77 heavy (non-hydrogen) atoms. The van der Waals surface area contributed by atoms with Crippen molar-refractivity contribution >= 4 is 41.0 Å². The second-order valence-electron chi connectivity index (χ2n) is 20.6. The van der Waals surface area contributed by atoms with Crippen molar-refractivity contribution in [1.82, 2.24) is 24.7 Å². The minimum absolute atomic E-state index is 0.0239. The molecule has 0 radical (unpaired) electrons. The monoisotopic (exact) mass is 1080 g/mol. The maximum atomic E-state index is 15.2. The number of nitrogens with two attached hydrogens (primary N) is 1. The molecular formula is C57H80F2N6O12. The van der Waals surface area contributed by atoms with E-state index in [0.29, 0.717) is 64.0 Å². The summed E-state index contributed by atoms with van der Waals surface area (Å²) in [4.78, 5) is 97.1. The highest BCUT2D eigenvalue weighted by molar-refractivity contribution is 6.13. The van der Waals surface area contributed by atoms with E-state index in [4.69, 9.17) is 29.7 Å². The number of aliphatic hydroxyl groups is 1. The summed E-state index contributed by atoms with van der Waals surface area (Å²) in [6.07, 6.45) is 7.27. The van der Waals surface area contributed by atoms with Crippen molar-refractivity contribution < 1.29 is 66.4 Å². The molecule has 0 saturated carbocycles. The average Bonchev–Trinajstić information content (AvgIpc) is 3.98. The maximum Gasteiger partial charge on any atom is 0.253 e. The van der Waals surface area contributed by atoms with Crippen molar-refractivity contribution in [3.05, 3.63) is 89.9 Å². The van der Waals surface area contributed by atoms with Crippen LogP contribution in [0.2, 0.25) is 0 Å². The van der Waals surface area contributed by atoms with E-state index in [9.17, 15) is 43.1 Å². The third kappa shape index (κ3) is 21.8. The van der Waals surface area contributed by atoms with Crippen LogP contribution in [0.1, 0.15) is 123 Å². The first kappa shape index (κ1) is 63.6. The normalized spacial score (nSPS) is 13.8. The lowest BCUT2D eigenvalue weighted by Crippen LogP contribution is -2.45. The average molecular weight is 1080 g/mol. The minimum atomic E-state index is -0.822. The molecule has 1 aromatic heterocycles. The molecule has 1 aliphatic heterocycles. The quantitative estimate of drug-likeness (QED) is 0.0316. The minimum Gasteiger partial charge on any atom is -0.387 e. The molecular weight excluding hydrogens is 999 g/mol. The van der Waals surface area contributed by atoms with Gasteiger partial charge >= 0.3 is 0 Å². The lowest BCUT2D eigenvalue weighted by molar-refractivity contribution is -0.140. The van der Waals surface area contributed by atoms with Crippen LogP contribution in [0, 0.1) is 28.9 Å². The number of nitrogens with zero attached hydrogens (tertiary/aromatic N) is 4. The topological polar surface area (TPSA) is 239 Å². The van der Waals surface area contributed by atoms with E-state index in [1.807, 2.05) is 69.5 Å². The van der Waals surface area contributed by atoms with Crippen LogP contribution >= 0.6 is 0 Å². The Balaban J connectivity index is 1.22. The molecule has 0 aliphatic carbocycles. The summed E-state index contributed by atoms with van der Waals surface area (Å²) < 4.78 is 53.3. The van der Waals surface area contributed by atoms with Crippen molar-refractivity contribution in [3.8, 4) is 11.3 Å². The number of imide groups is 1. The van der Waals surface area contributed by atoms with Crippen LogP contribution in [0.3, 0.4) is 0 Å². The molecule has 0 spiro atoms. The highest BCUT2D eigenvalue weighted by atomic mass is 19.1. The number of hydrogen-bond acceptors (Lipinski definition) is 14. The van der Waals surface area contributed by atoms with Gasteiger partial charge in [0.25, 0.3) is 11.8 Å². The third-order valence-corrected chi connectivity index (χ3v) is 13.0. The number of carbonyl (C=O) groups is 7. The molecule has 1 aliphatic rings. The Morgan fingerprint density at radius 2 is 1.47 bits per heavy atom. The van der Waals surface area contributed by atoms with Gasteiger partial charge in [-0.15, -0.1) is 0 Å². The second kappa shape index (κ2) is 33.4. The summed E-state index contributed by atoms with van der Waals surface area (Å²) in [6.45, 7) is 11.1. The number of unbranched alkanes of at least 4 members (excludes halogenated alkanes) is 2. The Labute approximate surface area is 451 Å². The SMILES string of the molecule is CC(C)[C@H](CC(=O)CCOCCOCCOCOCCCC(=O)CCN1C(=O)C=CC1=O)C(=O)N[C@@H](CCCCN)C(=O)CCCCN(C(=O)CO)[C@@H](c1nc(-c2cc(F)ccc2F)cn1Cc1ccccc1)C(C)(C)C. The number of aliphatic hydroxyl groups excluding tert-OH is 1. The third-order valence-electron chi connectivity index (χ3n) is 13.0. The van der Waals surface area contributed by atoms with Gasteiger partial charge in [0.1, 0.15) is 42.4 Å². The number of imidazole rings is 1. The molecule has 4 rings (SSSR count). The lowest BCUT2D eigenvalue weighted by atomic mass is 9.84. The summed E-state index contributed by atoms with van der Waals surface area (Å²) in [7, 11) is 0. The maximum absolute atomic E-state index is 15.2. The Hall–Kier alpha value is -5.90. The molecule has 0 fully saturated rings. The molecule has 3 aromatic rings. The predicted molar refractivity (Wildman–Crippen MR) is 284 cm³/mol. The molecule has 424 valence electrons. The van der Waals surface area contributed by atoms with E-state index < -0.39 is 65.3 Å². The van der Waals surface area contributed by atoms with Gasteiger partial charge in [0.2, 0.25) is 11.8 Å². The molecule has 18 nitrogen and oxygen atoms in total. The van der Waals surface area contributed by atoms with Crippen molar-refractivity contribution in [1.29, 1.82) is 0 Å². The number of rotatable bonds is 39. The summed E-state index contributed by atoms with van der Waals surface area (Å²) in [5.41, 5.74) is 6.15. The first-order chi connectivity index (χ1) is 36.8. The first-order valence-corrected chi connectivity index (χ1v) is 26.7. The van der Waals surface area contributed by atoms with Crippen LogP contribution in [0.4, 0.5) is 8.78 Å². The highest BCUT2D eigenvalue weighted by Gasteiger charge is 2.38. The van der Waals surface area contributed by atoms with E-state index in [1.165, 1.54) is 17.1 Å². The van der Waals surface area contributed by atoms with Crippen molar-refractivity contribution in [2.45, 2.75) is 124 Å². The smallest absolute Gasteiger partial charge is 0.253 e. The van der Waals surface area contributed by atoms with Crippen LogP contribution in [-0.4, -0.2) is 144 Å². The number of carbonyl (C=O) groups excluding carboxylic acids is 7. The number of hydrogen-bond donors (Lipinski definition) is 3. The standard InChI is InChI=1S/C57H80F2N6O12/c1-40(2)45(35-44(68)24-29-74-30-31-75-32-33-77-39-76-28-13-16-43(67)23-27-64-51(70)21-22-52(64)71)56(73)62-48(17-9-11-25-60)50(69)18-10-12-26-65(53(72)38-66)54(57(3,4)5)55-61-49(46-34-42(58)19-20-47(46)59)37-63(55)36-41-14-7-6-8-15-41/h6-8,14-15,19-22,34,37,40,45,48,54,66H,9-13,16-18,23-33,35-36,38-39,60H2,1-5H3,(H,62,73)/t45-,48-,54-/m0/s1. The van der Waals surface area contributed by atoms with Gasteiger partial charge in [0.05, 0.1) is 50.8 Å². The molecule has 0 bridgehead atoms. The van der Waals surface area contributed by atoms with Crippen LogP contribution in [-0.2, 0) is 59.1 Å². The van der Waals surface area contributed by atoms with E-state index in [0.717, 1.165) is 28.7 Å². The van der Waals surface area contributed by atoms with Gasteiger partial charge in [0, 0.05) is 88.2 Å². The van der Waals surface area contributed by atoms with Gasteiger partial charge in [-0.3, -0.25) is 38.5 Å². The largest absolute Gasteiger partial charge is 0.387 e. The molecule has 4 N–H and O–H groups in total. The molecule has 2 aromatic carbocycles. The Morgan fingerprint density at radius 3 is 2.13 bits per heavy atom. The number of nitrogens with one attached hydrogen (secondary N) is 1. The van der Waals surface area contributed by atoms with E-state index >= 15 is 4.39 Å². The van der Waals surface area contributed by atoms with Crippen LogP contribution in [0.15, 0.2) is 66.9 Å². The first-order valence-electron chi connectivity index (χ1n) is 26.7. The number of Topliss-reactive ketones (excluding diaryl/α,β-unsaturated/α-hetero) is 3. The molecule has 0 saturated heterocycles. The number of aromatic nitrogens is 2. The number of ketones is 3. The van der Waals surface area contributed by atoms with Gasteiger partial charge in [-0.25, -0.2) is 13.8 Å². The van der Waals surface area contributed by atoms with E-state index in [2.05, 4.69) is 5.32 Å². The molecule has 20 heteroatoms. The summed E-state index contributed by atoms with van der Waals surface area (Å²) >= 11 is 0. The summed E-state index contributed by atoms with van der Waals surface area (Å²) in [5, 5.41) is 13.2. The van der Waals surface area contributed by atoms with Crippen molar-refractivity contribution in [2.75, 3.05) is 72.7 Å². The fourth-order valence-electron chi connectivity index (χ4n) is 8.87. The van der Waals surface area contributed by atoms with Crippen molar-refractivity contribution in [3.63, 3.8) is 0 Å². The van der Waals surface area contributed by atoms with E-state index in [1.54, 1.807) is 6.20 Å². The Bertz CT molecular complexity index is 2390. The Kier molecular flexibility index (Phi) is 27.6. The zero-order valence-corrected chi connectivity index (χ0v) is 45.5. The zero-order chi connectivity index (χ0) is 56.3.